The number of halogens is 1. The number of methoxy groups -OCH3 is 1. The van der Waals surface area contributed by atoms with E-state index in [4.69, 9.17) is 9.47 Å². The third-order valence-corrected chi connectivity index (χ3v) is 3.35. The molecule has 2 nitrogen and oxygen atoms in total. The molecule has 0 aliphatic rings. The summed E-state index contributed by atoms with van der Waals surface area (Å²) in [5, 5.41) is 0. The standard InChI is InChI=1S/C14H21BrO2/c1-11(2)5-4-8-17-10-12-9-13(16-3)6-7-14(12)15/h6-7,9,11H,4-5,8,10H2,1-3H3. The maximum absolute atomic E-state index is 5.66. The fourth-order valence-corrected chi connectivity index (χ4v) is 1.93. The van der Waals surface area contributed by atoms with Crippen LogP contribution in [0.1, 0.15) is 32.3 Å². The molecule has 0 fully saturated rings. The molecule has 96 valence electrons. The molecule has 1 aromatic rings. The lowest BCUT2D eigenvalue weighted by Crippen LogP contribution is -1.99. The van der Waals surface area contributed by atoms with Gasteiger partial charge in [0.15, 0.2) is 0 Å². The molecule has 17 heavy (non-hydrogen) atoms. The molecule has 0 bridgehead atoms. The maximum Gasteiger partial charge on any atom is 0.119 e. The van der Waals surface area contributed by atoms with Crippen molar-refractivity contribution in [2.45, 2.75) is 33.3 Å². The van der Waals surface area contributed by atoms with Crippen LogP contribution in [0.15, 0.2) is 22.7 Å². The van der Waals surface area contributed by atoms with Crippen molar-refractivity contribution in [3.8, 4) is 5.75 Å². The molecular formula is C14H21BrO2. The number of rotatable bonds is 7. The Bertz CT molecular complexity index is 337. The van der Waals surface area contributed by atoms with E-state index in [2.05, 4.69) is 29.8 Å². The quantitative estimate of drug-likeness (QED) is 0.694. The van der Waals surface area contributed by atoms with Crippen LogP contribution in [-0.2, 0) is 11.3 Å². The summed E-state index contributed by atoms with van der Waals surface area (Å²) < 4.78 is 11.9. The van der Waals surface area contributed by atoms with Crippen molar-refractivity contribution in [1.82, 2.24) is 0 Å². The van der Waals surface area contributed by atoms with Crippen molar-refractivity contribution in [2.75, 3.05) is 13.7 Å². The van der Waals surface area contributed by atoms with Crippen LogP contribution in [0.4, 0.5) is 0 Å². The van der Waals surface area contributed by atoms with E-state index < -0.39 is 0 Å². The smallest absolute Gasteiger partial charge is 0.119 e. The molecular weight excluding hydrogens is 280 g/mol. The van der Waals surface area contributed by atoms with Gasteiger partial charge < -0.3 is 9.47 Å². The van der Waals surface area contributed by atoms with Gasteiger partial charge in [0.1, 0.15) is 5.75 Å². The molecule has 0 spiro atoms. The van der Waals surface area contributed by atoms with Crippen molar-refractivity contribution in [3.63, 3.8) is 0 Å². The molecule has 1 rings (SSSR count). The first-order chi connectivity index (χ1) is 8.13. The first-order valence-electron chi connectivity index (χ1n) is 6.03. The van der Waals surface area contributed by atoms with Crippen LogP contribution in [0.5, 0.6) is 5.75 Å². The molecule has 0 aliphatic carbocycles. The summed E-state index contributed by atoms with van der Waals surface area (Å²) in [4.78, 5) is 0. The summed E-state index contributed by atoms with van der Waals surface area (Å²) in [6.45, 7) is 5.93. The molecule has 0 aliphatic heterocycles. The van der Waals surface area contributed by atoms with E-state index in [1.54, 1.807) is 7.11 Å². The number of ether oxygens (including phenoxy) is 2. The predicted molar refractivity (Wildman–Crippen MR) is 74.4 cm³/mol. The van der Waals surface area contributed by atoms with Gasteiger partial charge in [-0.15, -0.1) is 0 Å². The molecule has 3 heteroatoms. The van der Waals surface area contributed by atoms with E-state index in [1.165, 1.54) is 6.42 Å². The largest absolute Gasteiger partial charge is 0.497 e. The van der Waals surface area contributed by atoms with Gasteiger partial charge in [0.25, 0.3) is 0 Å². The Hall–Kier alpha value is -0.540. The van der Waals surface area contributed by atoms with Crippen molar-refractivity contribution in [1.29, 1.82) is 0 Å². The van der Waals surface area contributed by atoms with E-state index in [9.17, 15) is 0 Å². The molecule has 0 amide bonds. The summed E-state index contributed by atoms with van der Waals surface area (Å²) in [5.74, 6) is 1.62. The van der Waals surface area contributed by atoms with Crippen LogP contribution in [0, 0.1) is 5.92 Å². The van der Waals surface area contributed by atoms with Crippen LogP contribution >= 0.6 is 15.9 Å². The van der Waals surface area contributed by atoms with Crippen LogP contribution in [0.25, 0.3) is 0 Å². The minimum atomic E-state index is 0.635. The highest BCUT2D eigenvalue weighted by Gasteiger charge is 2.02. The second-order valence-electron chi connectivity index (χ2n) is 4.55. The topological polar surface area (TPSA) is 18.5 Å². The molecule has 0 aromatic heterocycles. The second kappa shape index (κ2) is 7.72. The first kappa shape index (κ1) is 14.5. The second-order valence-corrected chi connectivity index (χ2v) is 5.40. The van der Waals surface area contributed by atoms with E-state index in [0.717, 1.165) is 34.7 Å². The molecule has 0 atom stereocenters. The van der Waals surface area contributed by atoms with Gasteiger partial charge in [-0.3, -0.25) is 0 Å². The molecule has 0 unspecified atom stereocenters. The molecule has 0 radical (unpaired) electrons. The van der Waals surface area contributed by atoms with Crippen LogP contribution < -0.4 is 4.74 Å². The zero-order chi connectivity index (χ0) is 12.7. The van der Waals surface area contributed by atoms with Gasteiger partial charge in [0.2, 0.25) is 0 Å². The van der Waals surface area contributed by atoms with Gasteiger partial charge in [-0.25, -0.2) is 0 Å². The zero-order valence-electron chi connectivity index (χ0n) is 10.8. The molecule has 0 saturated heterocycles. The number of hydrogen-bond donors (Lipinski definition) is 0. The Balaban J connectivity index is 2.35. The van der Waals surface area contributed by atoms with E-state index in [0.29, 0.717) is 6.61 Å². The van der Waals surface area contributed by atoms with Gasteiger partial charge in [-0.1, -0.05) is 29.8 Å². The summed E-state index contributed by atoms with van der Waals surface area (Å²) in [7, 11) is 1.68. The SMILES string of the molecule is COc1ccc(Br)c(COCCCC(C)C)c1. The summed E-state index contributed by atoms with van der Waals surface area (Å²) in [6, 6.07) is 5.94. The van der Waals surface area contributed by atoms with Gasteiger partial charge in [0.05, 0.1) is 13.7 Å². The van der Waals surface area contributed by atoms with E-state index >= 15 is 0 Å². The van der Waals surface area contributed by atoms with Gasteiger partial charge in [-0.2, -0.15) is 0 Å². The molecule has 0 N–H and O–H groups in total. The van der Waals surface area contributed by atoms with Gasteiger partial charge >= 0.3 is 0 Å². The van der Waals surface area contributed by atoms with Crippen LogP contribution in [-0.4, -0.2) is 13.7 Å². The minimum Gasteiger partial charge on any atom is -0.497 e. The molecule has 0 saturated carbocycles. The van der Waals surface area contributed by atoms with Gasteiger partial charge in [0, 0.05) is 11.1 Å². The highest BCUT2D eigenvalue weighted by molar-refractivity contribution is 9.10. The average molecular weight is 301 g/mol. The number of benzene rings is 1. The lowest BCUT2D eigenvalue weighted by atomic mass is 10.1. The number of hydrogen-bond acceptors (Lipinski definition) is 2. The van der Waals surface area contributed by atoms with Gasteiger partial charge in [-0.05, 0) is 42.5 Å². The third-order valence-electron chi connectivity index (χ3n) is 2.58. The Morgan fingerprint density at radius 3 is 2.71 bits per heavy atom. The lowest BCUT2D eigenvalue weighted by Gasteiger charge is -2.09. The highest BCUT2D eigenvalue weighted by Crippen LogP contribution is 2.23. The Kier molecular flexibility index (Phi) is 6.60. The van der Waals surface area contributed by atoms with Crippen molar-refractivity contribution < 1.29 is 9.47 Å². The Morgan fingerprint density at radius 2 is 2.06 bits per heavy atom. The van der Waals surface area contributed by atoms with Crippen LogP contribution in [0.3, 0.4) is 0 Å². The summed E-state index contributed by atoms with van der Waals surface area (Å²) in [5.41, 5.74) is 1.13. The van der Waals surface area contributed by atoms with Crippen molar-refractivity contribution >= 4 is 15.9 Å². The fourth-order valence-electron chi connectivity index (χ4n) is 1.56. The van der Waals surface area contributed by atoms with E-state index in [1.807, 2.05) is 18.2 Å². The summed E-state index contributed by atoms with van der Waals surface area (Å²) >= 11 is 3.52. The maximum atomic E-state index is 5.66. The van der Waals surface area contributed by atoms with Crippen molar-refractivity contribution in [3.05, 3.63) is 28.2 Å². The lowest BCUT2D eigenvalue weighted by molar-refractivity contribution is 0.114. The minimum absolute atomic E-state index is 0.635. The Labute approximate surface area is 112 Å². The molecule has 0 heterocycles. The normalized spacial score (nSPS) is 10.9. The van der Waals surface area contributed by atoms with Crippen molar-refractivity contribution in [2.24, 2.45) is 5.92 Å². The third kappa shape index (κ3) is 5.55. The Morgan fingerprint density at radius 1 is 1.29 bits per heavy atom. The predicted octanol–water partition coefficient (Wildman–Crippen LogP) is 4.41. The first-order valence-corrected chi connectivity index (χ1v) is 6.83. The fraction of sp³-hybridized carbons (Fsp3) is 0.571. The average Bonchev–Trinajstić information content (AvgIpc) is 2.30. The monoisotopic (exact) mass is 300 g/mol. The molecule has 1 aromatic carbocycles. The van der Waals surface area contributed by atoms with Crippen LogP contribution in [0.2, 0.25) is 0 Å². The summed E-state index contributed by atoms with van der Waals surface area (Å²) in [6.07, 6.45) is 2.35. The zero-order valence-corrected chi connectivity index (χ0v) is 12.4. The highest BCUT2D eigenvalue weighted by atomic mass is 79.9. The van der Waals surface area contributed by atoms with E-state index in [-0.39, 0.29) is 0 Å².